The van der Waals surface area contributed by atoms with Crippen LogP contribution in [0.2, 0.25) is 0 Å². The summed E-state index contributed by atoms with van der Waals surface area (Å²) in [5.41, 5.74) is 1.71. The molecule has 1 unspecified atom stereocenters. The summed E-state index contributed by atoms with van der Waals surface area (Å²) >= 11 is 0. The van der Waals surface area contributed by atoms with Crippen molar-refractivity contribution in [2.75, 3.05) is 5.32 Å². The molecule has 0 aliphatic carbocycles. The summed E-state index contributed by atoms with van der Waals surface area (Å²) < 4.78 is 4.30. The van der Waals surface area contributed by atoms with Crippen molar-refractivity contribution in [3.63, 3.8) is 0 Å². The van der Waals surface area contributed by atoms with Crippen LogP contribution in [0.5, 0.6) is 0 Å². The number of nitrogens with zero attached hydrogens (tertiary/aromatic N) is 7. The summed E-state index contributed by atoms with van der Waals surface area (Å²) in [6.45, 7) is 3.66. The van der Waals surface area contributed by atoms with Gasteiger partial charge in [0.15, 0.2) is 6.04 Å². The highest BCUT2D eigenvalue weighted by atomic mass is 16.6. The van der Waals surface area contributed by atoms with Crippen LogP contribution < -0.4 is 10.6 Å². The minimum absolute atomic E-state index is 0.176. The standard InChI is InChI=1S/C18H23N9O4/c1-5-14(26-11(2)6-15(23-26)27(30)31)17(28)22-13-9-21-25(4)16(13)18(29)19-7-12-8-20-24(3)10-12/h6,8-10,14H,5,7H2,1-4H3,(H,19,29)(H,22,28). The Morgan fingerprint density at radius 2 is 2.00 bits per heavy atom. The fraction of sp³-hybridized carbons (Fsp3) is 0.389. The van der Waals surface area contributed by atoms with Crippen LogP contribution in [0.1, 0.15) is 41.1 Å². The Morgan fingerprint density at radius 3 is 2.58 bits per heavy atom. The lowest BCUT2D eigenvalue weighted by atomic mass is 10.2. The highest BCUT2D eigenvalue weighted by molar-refractivity contribution is 6.03. The van der Waals surface area contributed by atoms with E-state index in [4.69, 9.17) is 0 Å². The second kappa shape index (κ2) is 8.77. The maximum atomic E-state index is 12.9. The summed E-state index contributed by atoms with van der Waals surface area (Å²) in [4.78, 5) is 36.0. The average Bonchev–Trinajstić information content (AvgIpc) is 3.40. The minimum Gasteiger partial charge on any atom is -0.358 e. The predicted molar refractivity (Wildman–Crippen MR) is 109 cm³/mol. The highest BCUT2D eigenvalue weighted by Crippen LogP contribution is 2.22. The molecule has 0 bridgehead atoms. The van der Waals surface area contributed by atoms with Gasteiger partial charge in [-0.15, -0.1) is 0 Å². The smallest absolute Gasteiger partial charge is 0.358 e. The second-order valence-electron chi connectivity index (χ2n) is 6.99. The number of nitro groups is 1. The van der Waals surface area contributed by atoms with Gasteiger partial charge < -0.3 is 20.7 Å². The SMILES string of the molecule is CCC(C(=O)Nc1cnn(C)c1C(=O)NCc1cnn(C)c1)n1nc([N+](=O)[O-])cc1C. The van der Waals surface area contributed by atoms with E-state index in [9.17, 15) is 19.7 Å². The van der Waals surface area contributed by atoms with Crippen molar-refractivity contribution in [3.05, 3.63) is 51.7 Å². The first-order chi connectivity index (χ1) is 14.7. The van der Waals surface area contributed by atoms with Gasteiger partial charge in [-0.05, 0) is 18.3 Å². The van der Waals surface area contributed by atoms with Crippen LogP contribution in [0.4, 0.5) is 11.5 Å². The van der Waals surface area contributed by atoms with E-state index < -0.39 is 22.8 Å². The van der Waals surface area contributed by atoms with Crippen LogP contribution in [0.25, 0.3) is 0 Å². The van der Waals surface area contributed by atoms with E-state index in [0.717, 1.165) is 5.56 Å². The molecule has 3 aromatic heterocycles. The molecule has 13 heteroatoms. The number of amides is 2. The minimum atomic E-state index is -0.791. The van der Waals surface area contributed by atoms with Crippen LogP contribution in [0.15, 0.2) is 24.7 Å². The summed E-state index contributed by atoms with van der Waals surface area (Å²) in [5.74, 6) is -1.21. The summed E-state index contributed by atoms with van der Waals surface area (Å²) in [5, 5.41) is 28.5. The first-order valence-electron chi connectivity index (χ1n) is 9.50. The fourth-order valence-electron chi connectivity index (χ4n) is 3.19. The number of hydrogen-bond donors (Lipinski definition) is 2. The lowest BCUT2D eigenvalue weighted by Crippen LogP contribution is -2.30. The Morgan fingerprint density at radius 1 is 1.26 bits per heavy atom. The van der Waals surface area contributed by atoms with E-state index in [0.29, 0.717) is 12.1 Å². The molecule has 3 rings (SSSR count). The van der Waals surface area contributed by atoms with E-state index in [2.05, 4.69) is 25.9 Å². The van der Waals surface area contributed by atoms with E-state index in [1.54, 1.807) is 45.0 Å². The summed E-state index contributed by atoms with van der Waals surface area (Å²) in [6.07, 6.45) is 5.14. The molecule has 0 aliphatic heterocycles. The van der Waals surface area contributed by atoms with Crippen LogP contribution >= 0.6 is 0 Å². The third-order valence-electron chi connectivity index (χ3n) is 4.70. The van der Waals surface area contributed by atoms with Crippen molar-refractivity contribution in [2.24, 2.45) is 14.1 Å². The fourth-order valence-corrected chi connectivity index (χ4v) is 3.19. The number of carbonyl (C=O) groups excluding carboxylic acids is 2. The molecule has 2 amide bonds. The maximum Gasteiger partial charge on any atom is 0.390 e. The third-order valence-corrected chi connectivity index (χ3v) is 4.70. The van der Waals surface area contributed by atoms with Crippen LogP contribution in [0, 0.1) is 17.0 Å². The van der Waals surface area contributed by atoms with E-state index in [1.165, 1.54) is 21.6 Å². The van der Waals surface area contributed by atoms with Gasteiger partial charge in [0, 0.05) is 32.4 Å². The maximum absolute atomic E-state index is 12.9. The predicted octanol–water partition coefficient (Wildman–Crippen LogP) is 1.09. The molecule has 31 heavy (non-hydrogen) atoms. The number of carbonyl (C=O) groups is 2. The van der Waals surface area contributed by atoms with Gasteiger partial charge >= 0.3 is 5.82 Å². The number of hydrogen-bond acceptors (Lipinski definition) is 7. The van der Waals surface area contributed by atoms with Crippen LogP contribution in [0.3, 0.4) is 0 Å². The highest BCUT2D eigenvalue weighted by Gasteiger charge is 2.28. The Balaban J connectivity index is 1.76. The monoisotopic (exact) mass is 429 g/mol. The topological polar surface area (TPSA) is 155 Å². The Labute approximate surface area is 177 Å². The number of rotatable bonds is 8. The molecule has 0 radical (unpaired) electrons. The molecule has 164 valence electrons. The second-order valence-corrected chi connectivity index (χ2v) is 6.99. The summed E-state index contributed by atoms with van der Waals surface area (Å²) in [7, 11) is 3.37. The van der Waals surface area contributed by atoms with E-state index in [-0.39, 0.29) is 23.7 Å². The Bertz CT molecular complexity index is 1130. The lowest BCUT2D eigenvalue weighted by molar-refractivity contribution is -0.389. The number of aryl methyl sites for hydroxylation is 3. The largest absolute Gasteiger partial charge is 0.390 e. The normalized spacial score (nSPS) is 11.9. The summed E-state index contributed by atoms with van der Waals surface area (Å²) in [6, 6.07) is 0.511. The van der Waals surface area contributed by atoms with Crippen molar-refractivity contribution in [3.8, 4) is 0 Å². The van der Waals surface area contributed by atoms with Gasteiger partial charge in [-0.3, -0.25) is 19.0 Å². The van der Waals surface area contributed by atoms with Crippen molar-refractivity contribution in [1.29, 1.82) is 0 Å². The molecular formula is C18H23N9O4. The van der Waals surface area contributed by atoms with Gasteiger partial charge in [0.2, 0.25) is 0 Å². The average molecular weight is 429 g/mol. The molecule has 0 fully saturated rings. The zero-order chi connectivity index (χ0) is 22.7. The molecule has 0 aliphatic rings. The molecule has 0 spiro atoms. The zero-order valence-corrected chi connectivity index (χ0v) is 17.6. The van der Waals surface area contributed by atoms with Crippen LogP contribution in [-0.4, -0.2) is 46.1 Å². The number of anilines is 1. The van der Waals surface area contributed by atoms with E-state index in [1.807, 2.05) is 0 Å². The molecular weight excluding hydrogens is 406 g/mol. The first-order valence-corrected chi connectivity index (χ1v) is 9.50. The zero-order valence-electron chi connectivity index (χ0n) is 17.6. The van der Waals surface area contributed by atoms with Crippen molar-refractivity contribution in [1.82, 2.24) is 34.7 Å². The van der Waals surface area contributed by atoms with Crippen molar-refractivity contribution in [2.45, 2.75) is 32.9 Å². The Hall–Kier alpha value is -4.03. The van der Waals surface area contributed by atoms with Crippen molar-refractivity contribution >= 4 is 23.3 Å². The molecule has 3 heterocycles. The first kappa shape index (κ1) is 21.7. The van der Waals surface area contributed by atoms with Gasteiger partial charge in [0.25, 0.3) is 11.8 Å². The molecule has 0 saturated heterocycles. The quantitative estimate of drug-likeness (QED) is 0.401. The number of nitrogens with one attached hydrogen (secondary N) is 2. The molecule has 0 aromatic carbocycles. The third kappa shape index (κ3) is 4.60. The van der Waals surface area contributed by atoms with Gasteiger partial charge in [-0.2, -0.15) is 14.9 Å². The lowest BCUT2D eigenvalue weighted by Gasteiger charge is -2.14. The van der Waals surface area contributed by atoms with Gasteiger partial charge in [0.05, 0.1) is 34.9 Å². The van der Waals surface area contributed by atoms with Gasteiger partial charge in [0.1, 0.15) is 5.69 Å². The van der Waals surface area contributed by atoms with E-state index >= 15 is 0 Å². The van der Waals surface area contributed by atoms with Gasteiger partial charge in [-0.25, -0.2) is 0 Å². The molecule has 1 atom stereocenters. The van der Waals surface area contributed by atoms with Crippen molar-refractivity contribution < 1.29 is 14.5 Å². The van der Waals surface area contributed by atoms with Crippen LogP contribution in [-0.2, 0) is 25.4 Å². The number of aromatic nitrogens is 6. The molecule has 0 saturated carbocycles. The molecule has 2 N–H and O–H groups in total. The van der Waals surface area contributed by atoms with Gasteiger partial charge in [-0.1, -0.05) is 6.92 Å². The Kier molecular flexibility index (Phi) is 6.13. The molecule has 13 nitrogen and oxygen atoms in total. The molecule has 3 aromatic rings.